The van der Waals surface area contributed by atoms with Gasteiger partial charge in [0.25, 0.3) is 0 Å². The van der Waals surface area contributed by atoms with E-state index in [0.717, 1.165) is 0 Å². The summed E-state index contributed by atoms with van der Waals surface area (Å²) >= 11 is 0. The molecule has 42 valence electrons. The van der Waals surface area contributed by atoms with Gasteiger partial charge < -0.3 is 0 Å². The maximum atomic E-state index is 5.21. The van der Waals surface area contributed by atoms with E-state index in [1.165, 1.54) is 6.26 Å². The fourth-order valence-electron chi connectivity index (χ4n) is 0. The van der Waals surface area contributed by atoms with Crippen molar-refractivity contribution in [2.45, 2.75) is 0 Å². The zero-order valence-corrected chi connectivity index (χ0v) is 6.88. The second kappa shape index (κ2) is 1.49. The number of rotatable bonds is 0. The molecule has 0 atom stereocenters. The van der Waals surface area contributed by atoms with Crippen molar-refractivity contribution in [1.29, 1.82) is 0 Å². The summed E-state index contributed by atoms with van der Waals surface area (Å²) in [6.07, 6.45) is 1.40. The molecule has 0 radical (unpaired) electrons. The normalized spacial score (nSPS) is 19.2. The van der Waals surface area contributed by atoms with Gasteiger partial charge in [-0.3, -0.25) is 0 Å². The molecule has 0 bridgehead atoms. The minimum atomic E-state index is -3.16. The summed E-state index contributed by atoms with van der Waals surface area (Å²) in [5.74, 6) is 0. The first-order valence-corrected chi connectivity index (χ1v) is 7.43. The highest BCUT2D eigenvalue weighted by atomic mass is 36.4. The molecule has 0 aliphatic carbocycles. The Hall–Kier alpha value is 1.51. The Balaban J connectivity index is 3.73. The summed E-state index contributed by atoms with van der Waals surface area (Å²) in [7, 11) is 20.8. The lowest BCUT2D eigenvalue weighted by Crippen LogP contribution is -1.70. The molecule has 0 rings (SSSR count). The summed E-state index contributed by atoms with van der Waals surface area (Å²) in [4.78, 5) is 0. The van der Waals surface area contributed by atoms with Crippen LogP contribution in [0.15, 0.2) is 0 Å². The molecule has 0 nitrogen and oxygen atoms in total. The van der Waals surface area contributed by atoms with Crippen LogP contribution in [0.25, 0.3) is 0 Å². The first-order chi connectivity index (χ1) is 2.24. The molecular formula is CH4Cl4S. The molecule has 0 unspecified atom stereocenters. The molecule has 5 heteroatoms. The van der Waals surface area contributed by atoms with Crippen molar-refractivity contribution < 1.29 is 0 Å². The van der Waals surface area contributed by atoms with E-state index < -0.39 is 6.02 Å². The molecule has 0 fully saturated rings. The standard InChI is InChI=1S/CH4Cl4S/c1-6(2,3,4)5/h6H,1H3. The number of thiol groups is 1. The molecule has 0 aromatic carbocycles. The van der Waals surface area contributed by atoms with E-state index in [9.17, 15) is 0 Å². The largest absolute Gasteiger partial charge is 0.0473 e. The van der Waals surface area contributed by atoms with Crippen LogP contribution in [-0.4, -0.2) is 6.26 Å². The van der Waals surface area contributed by atoms with Gasteiger partial charge in [0.2, 0.25) is 0 Å². The van der Waals surface area contributed by atoms with E-state index in [0.29, 0.717) is 0 Å². The Morgan fingerprint density at radius 1 is 1.00 bits per heavy atom. The monoisotopic (exact) mass is 188 g/mol. The van der Waals surface area contributed by atoms with Crippen molar-refractivity contribution >= 4 is 48.7 Å². The van der Waals surface area contributed by atoms with Gasteiger partial charge in [-0.2, -0.15) is 0 Å². The third-order valence-corrected chi connectivity index (χ3v) is 0. The first-order valence-electron chi connectivity index (χ1n) is 1.12. The van der Waals surface area contributed by atoms with Crippen LogP contribution in [0.5, 0.6) is 0 Å². The third kappa shape index (κ3) is 49.2. The molecule has 0 aromatic heterocycles. The Kier molecular flexibility index (Phi) is 1.87. The van der Waals surface area contributed by atoms with E-state index in [4.69, 9.17) is 42.7 Å². The van der Waals surface area contributed by atoms with Crippen molar-refractivity contribution in [3.63, 3.8) is 0 Å². The van der Waals surface area contributed by atoms with Crippen molar-refractivity contribution in [2.75, 3.05) is 6.26 Å². The van der Waals surface area contributed by atoms with Crippen LogP contribution in [0.3, 0.4) is 0 Å². The van der Waals surface area contributed by atoms with Crippen LogP contribution in [0.2, 0.25) is 0 Å². The highest BCUT2D eigenvalue weighted by molar-refractivity contribution is 9.02. The van der Waals surface area contributed by atoms with Gasteiger partial charge in [0, 0.05) is 0 Å². The molecule has 6 heavy (non-hydrogen) atoms. The van der Waals surface area contributed by atoms with Crippen molar-refractivity contribution in [1.82, 2.24) is 0 Å². The zero-order valence-electron chi connectivity index (χ0n) is 2.96. The molecule has 0 heterocycles. The molecule has 0 N–H and O–H groups in total. The highest BCUT2D eigenvalue weighted by Gasteiger charge is 2.20. The summed E-state index contributed by atoms with van der Waals surface area (Å²) in [5.41, 5.74) is 0. The van der Waals surface area contributed by atoms with Gasteiger partial charge in [-0.05, 0) is 55.0 Å². The SMILES string of the molecule is C[SH](Cl)(Cl)(Cl)Cl. The van der Waals surface area contributed by atoms with E-state index >= 15 is 0 Å². The molecule has 0 aromatic rings. The molecule has 0 saturated carbocycles. The van der Waals surface area contributed by atoms with Crippen molar-refractivity contribution in [3.05, 3.63) is 0 Å². The second-order valence-corrected chi connectivity index (χ2v) is 16.4. The molecule has 0 saturated heterocycles. The predicted molar refractivity (Wildman–Crippen MR) is 38.3 cm³/mol. The third-order valence-electron chi connectivity index (χ3n) is 0. The van der Waals surface area contributed by atoms with Crippen LogP contribution in [0.1, 0.15) is 0 Å². The van der Waals surface area contributed by atoms with E-state index in [-0.39, 0.29) is 0 Å². The summed E-state index contributed by atoms with van der Waals surface area (Å²) in [6, 6.07) is -3.16. The summed E-state index contributed by atoms with van der Waals surface area (Å²) < 4.78 is 0. The highest BCUT2D eigenvalue weighted by Crippen LogP contribution is 2.84. The topological polar surface area (TPSA) is 0 Å². The van der Waals surface area contributed by atoms with Gasteiger partial charge in [0.05, 0.1) is 0 Å². The minimum Gasteiger partial charge on any atom is -0.0473 e. The maximum Gasteiger partial charge on any atom is -0.00317 e. The summed E-state index contributed by atoms with van der Waals surface area (Å²) in [5, 5.41) is 0. The smallest absolute Gasteiger partial charge is 0.00317 e. The van der Waals surface area contributed by atoms with E-state index in [1.54, 1.807) is 0 Å². The molecular weight excluding hydrogens is 186 g/mol. The molecule has 0 aliphatic rings. The van der Waals surface area contributed by atoms with Crippen molar-refractivity contribution in [2.24, 2.45) is 0 Å². The number of halogens is 4. The lowest BCUT2D eigenvalue weighted by molar-refractivity contribution is 2.50. The molecule has 0 amide bonds. The Labute approximate surface area is 55.0 Å². The maximum absolute atomic E-state index is 5.21. The van der Waals surface area contributed by atoms with Gasteiger partial charge in [-0.25, -0.2) is 0 Å². The Bertz CT molecular complexity index is 40.7. The fraction of sp³-hybridized carbons (Fsp3) is 1.00. The van der Waals surface area contributed by atoms with E-state index in [1.807, 2.05) is 0 Å². The van der Waals surface area contributed by atoms with Crippen LogP contribution in [-0.2, 0) is 0 Å². The van der Waals surface area contributed by atoms with Gasteiger partial charge in [0.15, 0.2) is 0 Å². The quantitative estimate of drug-likeness (QED) is 0.556. The first kappa shape index (κ1) is 7.51. The van der Waals surface area contributed by atoms with E-state index in [2.05, 4.69) is 0 Å². The molecule has 0 aliphatic heterocycles. The lowest BCUT2D eigenvalue weighted by Gasteiger charge is -2.28. The zero-order chi connectivity index (χ0) is 5.45. The second-order valence-electron chi connectivity index (χ2n) is 1.06. The average Bonchev–Trinajstić information content (AvgIpc) is 0.650. The average molecular weight is 190 g/mol. The van der Waals surface area contributed by atoms with Gasteiger partial charge in [0.1, 0.15) is 0 Å². The van der Waals surface area contributed by atoms with Gasteiger partial charge >= 0.3 is 0 Å². The lowest BCUT2D eigenvalue weighted by atomic mass is 12.0. The predicted octanol–water partition coefficient (Wildman–Crippen LogP) is 3.30. The van der Waals surface area contributed by atoms with Gasteiger partial charge in [-0.15, -0.1) is 0 Å². The van der Waals surface area contributed by atoms with Crippen LogP contribution < -0.4 is 0 Å². The van der Waals surface area contributed by atoms with Gasteiger partial charge in [-0.1, -0.05) is 0 Å². The Morgan fingerprint density at radius 3 is 1.00 bits per heavy atom. The van der Waals surface area contributed by atoms with Crippen LogP contribution >= 0.6 is 48.7 Å². The number of hydrogen-bond donors (Lipinski definition) is 1. The molecule has 0 spiro atoms. The van der Waals surface area contributed by atoms with Crippen LogP contribution in [0.4, 0.5) is 0 Å². The minimum absolute atomic E-state index is 1.40. The summed E-state index contributed by atoms with van der Waals surface area (Å²) in [6.45, 7) is 0. The van der Waals surface area contributed by atoms with Crippen LogP contribution in [0, 0.1) is 0 Å². The number of hydrogen-bond acceptors (Lipinski definition) is 0. The van der Waals surface area contributed by atoms with Crippen molar-refractivity contribution in [3.8, 4) is 0 Å². The Morgan fingerprint density at radius 2 is 1.00 bits per heavy atom. The fourth-order valence-corrected chi connectivity index (χ4v) is 0.